The first kappa shape index (κ1) is 5.03. The molecule has 1 atom stereocenters. The summed E-state index contributed by atoms with van der Waals surface area (Å²) in [6, 6.07) is 0.537. The molecule has 1 aliphatic heterocycles. The maximum atomic E-state index is 4.05. The number of rotatable bonds is 1. The van der Waals surface area contributed by atoms with E-state index in [1.165, 1.54) is 12.8 Å². The van der Waals surface area contributed by atoms with Crippen LogP contribution in [-0.4, -0.2) is 12.3 Å². The molecule has 0 saturated heterocycles. The molecule has 9 heavy (non-hydrogen) atoms. The van der Waals surface area contributed by atoms with E-state index in [1.54, 1.807) is 6.20 Å². The van der Waals surface area contributed by atoms with Crippen molar-refractivity contribution >= 4 is 6.21 Å². The molecule has 1 N–H and O–H groups in total. The summed E-state index contributed by atoms with van der Waals surface area (Å²) < 4.78 is 0. The molecular weight excluding hydrogens is 112 g/mol. The molecule has 1 heterocycles. The summed E-state index contributed by atoms with van der Waals surface area (Å²) in [5, 5.41) is 3.25. The van der Waals surface area contributed by atoms with Gasteiger partial charge in [0.15, 0.2) is 0 Å². The molecule has 0 aromatic carbocycles. The van der Waals surface area contributed by atoms with Crippen molar-refractivity contribution in [3.8, 4) is 0 Å². The van der Waals surface area contributed by atoms with Crippen LogP contribution in [0.4, 0.5) is 0 Å². The minimum absolute atomic E-state index is 0.537. The molecule has 48 valence electrons. The van der Waals surface area contributed by atoms with Crippen LogP contribution in [0.25, 0.3) is 0 Å². The molecule has 1 unspecified atom stereocenters. The molecule has 2 nitrogen and oxygen atoms in total. The van der Waals surface area contributed by atoms with Gasteiger partial charge in [-0.05, 0) is 18.8 Å². The van der Waals surface area contributed by atoms with Crippen molar-refractivity contribution in [1.29, 1.82) is 0 Å². The quantitative estimate of drug-likeness (QED) is 0.549. The van der Waals surface area contributed by atoms with Gasteiger partial charge in [0, 0.05) is 18.6 Å². The van der Waals surface area contributed by atoms with Gasteiger partial charge in [0.1, 0.15) is 0 Å². The van der Waals surface area contributed by atoms with Crippen molar-refractivity contribution in [2.75, 3.05) is 0 Å². The van der Waals surface area contributed by atoms with E-state index in [9.17, 15) is 0 Å². The second kappa shape index (κ2) is 1.87. The van der Waals surface area contributed by atoms with E-state index in [4.69, 9.17) is 0 Å². The van der Waals surface area contributed by atoms with Gasteiger partial charge in [-0.15, -0.1) is 0 Å². The van der Waals surface area contributed by atoms with Crippen LogP contribution in [0.3, 0.4) is 0 Å². The Kier molecular flexibility index (Phi) is 1.04. The molecular formula is C7H10N2. The van der Waals surface area contributed by atoms with Gasteiger partial charge < -0.3 is 5.32 Å². The van der Waals surface area contributed by atoms with Crippen LogP contribution in [0.5, 0.6) is 0 Å². The summed E-state index contributed by atoms with van der Waals surface area (Å²) >= 11 is 0. The van der Waals surface area contributed by atoms with Crippen molar-refractivity contribution in [3.63, 3.8) is 0 Å². The van der Waals surface area contributed by atoms with E-state index < -0.39 is 0 Å². The normalized spacial score (nSPS) is 32.2. The smallest absolute Gasteiger partial charge is 0.0639 e. The van der Waals surface area contributed by atoms with Gasteiger partial charge in [-0.25, -0.2) is 0 Å². The zero-order chi connectivity index (χ0) is 6.10. The molecule has 0 bridgehead atoms. The summed E-state index contributed by atoms with van der Waals surface area (Å²) in [6.07, 6.45) is 8.45. The van der Waals surface area contributed by atoms with Gasteiger partial charge in [-0.2, -0.15) is 0 Å². The SMILES string of the molecule is C1=CNC(C2CC2)C=N1. The van der Waals surface area contributed by atoms with Gasteiger partial charge in [-0.1, -0.05) is 0 Å². The summed E-state index contributed by atoms with van der Waals surface area (Å²) in [6.45, 7) is 0. The molecule has 0 aromatic heterocycles. The van der Waals surface area contributed by atoms with Crippen LogP contribution in [0, 0.1) is 5.92 Å². The maximum absolute atomic E-state index is 4.05. The lowest BCUT2D eigenvalue weighted by atomic mass is 10.2. The molecule has 1 fully saturated rings. The van der Waals surface area contributed by atoms with Crippen LogP contribution in [0.2, 0.25) is 0 Å². The first-order valence-electron chi connectivity index (χ1n) is 3.41. The Morgan fingerprint density at radius 1 is 1.44 bits per heavy atom. The Morgan fingerprint density at radius 3 is 2.89 bits per heavy atom. The van der Waals surface area contributed by atoms with Crippen LogP contribution < -0.4 is 5.32 Å². The number of hydrogen-bond acceptors (Lipinski definition) is 2. The molecule has 1 aliphatic carbocycles. The number of nitrogens with one attached hydrogen (secondary N) is 1. The number of aliphatic imine (C=N–C) groups is 1. The highest BCUT2D eigenvalue weighted by Gasteiger charge is 2.29. The lowest BCUT2D eigenvalue weighted by Crippen LogP contribution is -2.29. The fraction of sp³-hybridized carbons (Fsp3) is 0.571. The summed E-state index contributed by atoms with van der Waals surface area (Å²) in [5.41, 5.74) is 0. The standard InChI is InChI=1S/C7H10N2/c1-2-6(1)7-5-8-3-4-9-7/h3-7,9H,1-2H2. The Hall–Kier alpha value is -0.790. The third-order valence-corrected chi connectivity index (χ3v) is 1.83. The maximum Gasteiger partial charge on any atom is 0.0639 e. The van der Waals surface area contributed by atoms with Crippen molar-refractivity contribution in [2.45, 2.75) is 18.9 Å². The van der Waals surface area contributed by atoms with Crippen molar-refractivity contribution in [1.82, 2.24) is 5.32 Å². The Balaban J connectivity index is 1.98. The monoisotopic (exact) mass is 122 g/mol. The lowest BCUT2D eigenvalue weighted by Gasteiger charge is -2.12. The van der Waals surface area contributed by atoms with Gasteiger partial charge in [0.2, 0.25) is 0 Å². The highest BCUT2D eigenvalue weighted by atomic mass is 15.0. The minimum atomic E-state index is 0.537. The van der Waals surface area contributed by atoms with Crippen molar-refractivity contribution in [3.05, 3.63) is 12.4 Å². The summed E-state index contributed by atoms with van der Waals surface area (Å²) in [7, 11) is 0. The van der Waals surface area contributed by atoms with Crippen LogP contribution in [-0.2, 0) is 0 Å². The van der Waals surface area contributed by atoms with E-state index in [2.05, 4.69) is 10.3 Å². The molecule has 0 radical (unpaired) electrons. The highest BCUT2D eigenvalue weighted by Crippen LogP contribution is 2.32. The minimum Gasteiger partial charge on any atom is -0.382 e. The van der Waals surface area contributed by atoms with Crippen molar-refractivity contribution < 1.29 is 0 Å². The number of hydrogen-bond donors (Lipinski definition) is 1. The first-order chi connectivity index (χ1) is 4.47. The topological polar surface area (TPSA) is 24.4 Å². The fourth-order valence-corrected chi connectivity index (χ4v) is 1.10. The first-order valence-corrected chi connectivity index (χ1v) is 3.41. The molecule has 0 spiro atoms. The summed E-state index contributed by atoms with van der Waals surface area (Å²) in [5.74, 6) is 0.874. The average molecular weight is 122 g/mol. The second-order valence-corrected chi connectivity index (χ2v) is 2.64. The zero-order valence-corrected chi connectivity index (χ0v) is 5.25. The van der Waals surface area contributed by atoms with Gasteiger partial charge >= 0.3 is 0 Å². The molecule has 2 heteroatoms. The third-order valence-electron chi connectivity index (χ3n) is 1.83. The molecule has 0 aromatic rings. The van der Waals surface area contributed by atoms with E-state index in [-0.39, 0.29) is 0 Å². The van der Waals surface area contributed by atoms with Gasteiger partial charge in [0.05, 0.1) is 6.04 Å². The fourth-order valence-electron chi connectivity index (χ4n) is 1.10. The van der Waals surface area contributed by atoms with Gasteiger partial charge in [-0.3, -0.25) is 4.99 Å². The van der Waals surface area contributed by atoms with Crippen molar-refractivity contribution in [2.24, 2.45) is 10.9 Å². The van der Waals surface area contributed by atoms with Crippen LogP contribution in [0.15, 0.2) is 17.4 Å². The van der Waals surface area contributed by atoms with Gasteiger partial charge in [0.25, 0.3) is 0 Å². The molecule has 1 saturated carbocycles. The molecule has 0 amide bonds. The predicted octanol–water partition coefficient (Wildman–Crippen LogP) is 0.910. The van der Waals surface area contributed by atoms with Crippen LogP contribution >= 0.6 is 0 Å². The third kappa shape index (κ3) is 0.969. The Morgan fingerprint density at radius 2 is 2.33 bits per heavy atom. The average Bonchev–Trinajstić information content (AvgIpc) is 2.71. The zero-order valence-electron chi connectivity index (χ0n) is 5.25. The Bertz CT molecular complexity index is 156. The van der Waals surface area contributed by atoms with Crippen LogP contribution in [0.1, 0.15) is 12.8 Å². The molecule has 2 aliphatic rings. The van der Waals surface area contributed by atoms with E-state index in [0.29, 0.717) is 6.04 Å². The van der Waals surface area contributed by atoms with E-state index in [0.717, 1.165) is 5.92 Å². The Labute approximate surface area is 54.7 Å². The number of nitrogens with zero attached hydrogens (tertiary/aromatic N) is 1. The lowest BCUT2D eigenvalue weighted by molar-refractivity contribution is 0.655. The second-order valence-electron chi connectivity index (χ2n) is 2.64. The predicted molar refractivity (Wildman–Crippen MR) is 37.3 cm³/mol. The van der Waals surface area contributed by atoms with E-state index >= 15 is 0 Å². The highest BCUT2D eigenvalue weighted by molar-refractivity contribution is 5.67. The van der Waals surface area contributed by atoms with E-state index in [1.807, 2.05) is 12.4 Å². The largest absolute Gasteiger partial charge is 0.382 e. The summed E-state index contributed by atoms with van der Waals surface area (Å²) in [4.78, 5) is 4.05. The molecule has 2 rings (SSSR count).